The summed E-state index contributed by atoms with van der Waals surface area (Å²) in [7, 11) is 0. The highest BCUT2D eigenvalue weighted by atomic mass is 14.0. The van der Waals surface area contributed by atoms with Gasteiger partial charge in [0.15, 0.2) is 0 Å². The maximum Gasteiger partial charge on any atom is -0.0533 e. The van der Waals surface area contributed by atoms with Crippen LogP contribution in [-0.2, 0) is 0 Å². The van der Waals surface area contributed by atoms with E-state index in [1.165, 1.54) is 44.9 Å². The third kappa shape index (κ3) is 25.6. The minimum absolute atomic E-state index is 1.25. The van der Waals surface area contributed by atoms with E-state index in [4.69, 9.17) is 0 Å². The molecular formula is C11H26. The predicted molar refractivity (Wildman–Crippen MR) is 55.0 cm³/mol. The highest BCUT2D eigenvalue weighted by Crippen LogP contribution is 2.15. The normalized spacial score (nSPS) is 14.2. The fourth-order valence-electron chi connectivity index (χ4n) is 0.884. The zero-order valence-corrected chi connectivity index (χ0v) is 8.95. The summed E-state index contributed by atoms with van der Waals surface area (Å²) in [5.41, 5.74) is 0. The van der Waals surface area contributed by atoms with Gasteiger partial charge in [0.2, 0.25) is 0 Å². The van der Waals surface area contributed by atoms with Crippen molar-refractivity contribution in [3.8, 4) is 0 Å². The lowest BCUT2D eigenvalue weighted by Crippen LogP contribution is -1.47. The lowest BCUT2D eigenvalue weighted by atomic mass is 10.4. The second-order valence-corrected chi connectivity index (χ2v) is 3.18. The largest absolute Gasteiger partial charge is 0.0656 e. The Labute approximate surface area is 73.4 Å². The minimum atomic E-state index is 1.25. The molecule has 1 aliphatic rings. The van der Waals surface area contributed by atoms with Gasteiger partial charge in [-0.3, -0.25) is 0 Å². The molecule has 0 nitrogen and oxygen atoms in total. The van der Waals surface area contributed by atoms with E-state index in [1.807, 2.05) is 0 Å². The number of hydrogen-bond donors (Lipinski definition) is 0. The fourth-order valence-corrected chi connectivity index (χ4v) is 0.884. The molecule has 1 fully saturated rings. The van der Waals surface area contributed by atoms with E-state index in [0.29, 0.717) is 0 Å². The minimum Gasteiger partial charge on any atom is -0.0656 e. The highest BCUT2D eigenvalue weighted by Gasteiger charge is 1.95. The van der Waals surface area contributed by atoms with E-state index in [0.717, 1.165) is 0 Å². The van der Waals surface area contributed by atoms with Crippen LogP contribution in [0.4, 0.5) is 0 Å². The first-order chi connectivity index (χ1) is 5.33. The molecule has 1 rings (SSSR count). The van der Waals surface area contributed by atoms with Crippen molar-refractivity contribution in [1.82, 2.24) is 0 Å². The number of hydrogen-bond acceptors (Lipinski definition) is 0. The molecule has 0 unspecified atom stereocenters. The Balaban J connectivity index is 0. The van der Waals surface area contributed by atoms with Gasteiger partial charge >= 0.3 is 0 Å². The molecule has 1 saturated carbocycles. The lowest BCUT2D eigenvalue weighted by molar-refractivity contribution is 0.886. The first kappa shape index (κ1) is 13.6. The van der Waals surface area contributed by atoms with Gasteiger partial charge in [-0.2, -0.15) is 0 Å². The third-order valence-corrected chi connectivity index (χ3v) is 1.25. The molecule has 0 bridgehead atoms. The molecule has 0 N–H and O–H groups in total. The molecule has 0 heterocycles. The molecule has 0 aliphatic heterocycles. The molecule has 0 saturated heterocycles. The van der Waals surface area contributed by atoms with E-state index in [2.05, 4.69) is 27.7 Å². The molecule has 0 amide bonds. The van der Waals surface area contributed by atoms with Crippen molar-refractivity contribution in [2.75, 3.05) is 0 Å². The van der Waals surface area contributed by atoms with Gasteiger partial charge in [0, 0.05) is 0 Å². The molecule has 0 spiro atoms. The quantitative estimate of drug-likeness (QED) is 0.476. The van der Waals surface area contributed by atoms with Gasteiger partial charge in [0.25, 0.3) is 0 Å². The van der Waals surface area contributed by atoms with Gasteiger partial charge in [-0.15, -0.1) is 0 Å². The predicted octanol–water partition coefficient (Wildman–Crippen LogP) is 4.78. The Morgan fingerprint density at radius 1 is 0.545 bits per heavy atom. The van der Waals surface area contributed by atoms with Gasteiger partial charge in [-0.1, -0.05) is 72.6 Å². The molecular weight excluding hydrogens is 132 g/mol. The molecule has 0 aromatic carbocycles. The van der Waals surface area contributed by atoms with E-state index in [-0.39, 0.29) is 0 Å². The van der Waals surface area contributed by atoms with Crippen molar-refractivity contribution < 1.29 is 0 Å². The molecule has 0 aromatic rings. The zero-order valence-electron chi connectivity index (χ0n) is 8.95. The highest BCUT2D eigenvalue weighted by molar-refractivity contribution is 4.51. The van der Waals surface area contributed by atoms with Crippen LogP contribution in [0.15, 0.2) is 0 Å². The Morgan fingerprint density at radius 3 is 0.727 bits per heavy atom. The Morgan fingerprint density at radius 2 is 0.636 bits per heavy atom. The molecule has 0 aromatic heterocycles. The van der Waals surface area contributed by atoms with Crippen LogP contribution in [0.3, 0.4) is 0 Å². The summed E-state index contributed by atoms with van der Waals surface area (Å²) in [6.07, 6.45) is 10.0. The van der Waals surface area contributed by atoms with Crippen LogP contribution in [0.1, 0.15) is 72.6 Å². The Hall–Kier alpha value is 0. The van der Waals surface area contributed by atoms with Crippen LogP contribution < -0.4 is 0 Å². The van der Waals surface area contributed by atoms with Gasteiger partial charge in [0.1, 0.15) is 0 Å². The van der Waals surface area contributed by atoms with Gasteiger partial charge in [-0.25, -0.2) is 0 Å². The molecule has 1 aliphatic carbocycles. The average Bonchev–Trinajstić information content (AvgIpc) is 2.44. The molecule has 70 valence electrons. The molecule has 0 atom stereocenters. The molecule has 11 heavy (non-hydrogen) atoms. The summed E-state index contributed by atoms with van der Waals surface area (Å²) < 4.78 is 0. The second-order valence-electron chi connectivity index (χ2n) is 3.18. The summed E-state index contributed by atoms with van der Waals surface area (Å²) in [6.45, 7) is 8.50. The standard InChI is InChI=1S/C5H10.2C3H8/c1-2-4-5-3-1;2*1-3-2/h1-5H2;2*3H2,1-2H3. The fraction of sp³-hybridized carbons (Fsp3) is 1.00. The van der Waals surface area contributed by atoms with Gasteiger partial charge in [-0.05, 0) is 0 Å². The van der Waals surface area contributed by atoms with Crippen LogP contribution in [-0.4, -0.2) is 0 Å². The van der Waals surface area contributed by atoms with Crippen molar-refractivity contribution in [3.05, 3.63) is 0 Å². The monoisotopic (exact) mass is 158 g/mol. The van der Waals surface area contributed by atoms with Crippen molar-refractivity contribution in [2.45, 2.75) is 72.6 Å². The Bertz CT molecular complexity index is 25.7. The second kappa shape index (κ2) is 16.5. The van der Waals surface area contributed by atoms with Gasteiger partial charge < -0.3 is 0 Å². The van der Waals surface area contributed by atoms with Crippen molar-refractivity contribution in [1.29, 1.82) is 0 Å². The summed E-state index contributed by atoms with van der Waals surface area (Å²) >= 11 is 0. The smallest absolute Gasteiger partial charge is 0.0533 e. The maximum absolute atomic E-state index is 2.12. The zero-order chi connectivity index (χ0) is 8.95. The Kier molecular flexibility index (Phi) is 20.4. The SMILES string of the molecule is C1CCCC1.CCC.CCC. The van der Waals surface area contributed by atoms with Crippen molar-refractivity contribution >= 4 is 0 Å². The van der Waals surface area contributed by atoms with Crippen molar-refractivity contribution in [3.63, 3.8) is 0 Å². The summed E-state index contributed by atoms with van der Waals surface area (Å²) in [5, 5.41) is 0. The van der Waals surface area contributed by atoms with E-state index >= 15 is 0 Å². The summed E-state index contributed by atoms with van der Waals surface area (Å²) in [4.78, 5) is 0. The summed E-state index contributed by atoms with van der Waals surface area (Å²) in [6, 6.07) is 0. The van der Waals surface area contributed by atoms with E-state index in [1.54, 1.807) is 0 Å². The third-order valence-electron chi connectivity index (χ3n) is 1.25. The summed E-state index contributed by atoms with van der Waals surface area (Å²) in [5.74, 6) is 0. The van der Waals surface area contributed by atoms with Crippen molar-refractivity contribution in [2.24, 2.45) is 0 Å². The van der Waals surface area contributed by atoms with Crippen LogP contribution in [0.25, 0.3) is 0 Å². The molecule has 0 heteroatoms. The number of rotatable bonds is 0. The van der Waals surface area contributed by atoms with Gasteiger partial charge in [0.05, 0.1) is 0 Å². The lowest BCUT2D eigenvalue weighted by Gasteiger charge is -1.67. The first-order valence-corrected chi connectivity index (χ1v) is 5.33. The topological polar surface area (TPSA) is 0 Å². The van der Waals surface area contributed by atoms with Crippen LogP contribution in [0.2, 0.25) is 0 Å². The van der Waals surface area contributed by atoms with Crippen LogP contribution in [0, 0.1) is 0 Å². The average molecular weight is 158 g/mol. The maximum atomic E-state index is 2.12. The van der Waals surface area contributed by atoms with Crippen LogP contribution >= 0.6 is 0 Å². The van der Waals surface area contributed by atoms with E-state index < -0.39 is 0 Å². The van der Waals surface area contributed by atoms with Crippen LogP contribution in [0.5, 0.6) is 0 Å². The first-order valence-electron chi connectivity index (χ1n) is 5.33. The van der Waals surface area contributed by atoms with E-state index in [9.17, 15) is 0 Å². The molecule has 0 radical (unpaired) electrons.